The van der Waals surface area contributed by atoms with Gasteiger partial charge in [0.25, 0.3) is 0 Å². The van der Waals surface area contributed by atoms with E-state index in [1.807, 2.05) is 42.3 Å². The van der Waals surface area contributed by atoms with Crippen LogP contribution in [0.3, 0.4) is 0 Å². The summed E-state index contributed by atoms with van der Waals surface area (Å²) in [5, 5.41) is 0.944. The van der Waals surface area contributed by atoms with Crippen molar-refractivity contribution >= 4 is 24.1 Å². The summed E-state index contributed by atoms with van der Waals surface area (Å²) in [6.45, 7) is 0. The van der Waals surface area contributed by atoms with E-state index in [9.17, 15) is 4.57 Å². The lowest BCUT2D eigenvalue weighted by atomic mass is 9.98. The lowest BCUT2D eigenvalue weighted by Crippen LogP contribution is -2.16. The molecule has 0 unspecified atom stereocenters. The molecular formula is C16H16NOP. The average Bonchev–Trinajstić information content (AvgIpc) is 2.99. The second-order valence-corrected chi connectivity index (χ2v) is 7.93. The first-order chi connectivity index (χ1) is 9.29. The van der Waals surface area contributed by atoms with Crippen LogP contribution in [0.5, 0.6) is 0 Å². The number of hydrogen-bond donors (Lipinski definition) is 0. The predicted molar refractivity (Wildman–Crippen MR) is 79.7 cm³/mol. The third-order valence-electron chi connectivity index (χ3n) is 4.23. The Morgan fingerprint density at radius 1 is 1.05 bits per heavy atom. The molecule has 0 saturated heterocycles. The van der Waals surface area contributed by atoms with E-state index in [0.717, 1.165) is 23.6 Å². The lowest BCUT2D eigenvalue weighted by molar-refractivity contribution is 0.592. The van der Waals surface area contributed by atoms with Crippen molar-refractivity contribution in [3.05, 3.63) is 53.5 Å². The minimum Gasteiger partial charge on any atom is -0.317 e. The van der Waals surface area contributed by atoms with Crippen molar-refractivity contribution < 1.29 is 4.57 Å². The van der Waals surface area contributed by atoms with Crippen LogP contribution in [0.2, 0.25) is 0 Å². The molecule has 96 valence electrons. The molecule has 4 rings (SSSR count). The molecule has 1 atom stereocenters. The van der Waals surface area contributed by atoms with Crippen molar-refractivity contribution in [2.75, 3.05) is 0 Å². The fraction of sp³-hybridized carbons (Fsp3) is 0.250. The zero-order valence-corrected chi connectivity index (χ0v) is 11.6. The van der Waals surface area contributed by atoms with Crippen LogP contribution in [0.4, 0.5) is 0 Å². The number of nitrogens with zero attached hydrogens (tertiary/aromatic N) is 1. The Balaban J connectivity index is 1.92. The second-order valence-electron chi connectivity index (χ2n) is 5.34. The van der Waals surface area contributed by atoms with Gasteiger partial charge in [-0.25, -0.2) is 0 Å². The van der Waals surface area contributed by atoms with Crippen molar-refractivity contribution in [3.8, 4) is 0 Å². The van der Waals surface area contributed by atoms with Crippen LogP contribution in [0.25, 0.3) is 6.20 Å². The van der Waals surface area contributed by atoms with Crippen LogP contribution < -0.4 is 10.7 Å². The van der Waals surface area contributed by atoms with Gasteiger partial charge in [0.2, 0.25) is 0 Å². The average molecular weight is 269 g/mol. The molecule has 2 nitrogen and oxygen atoms in total. The topological polar surface area (TPSA) is 22.0 Å². The molecule has 0 amide bonds. The first-order valence-corrected chi connectivity index (χ1v) is 8.65. The normalized spacial score (nSPS) is 24.2. The van der Waals surface area contributed by atoms with Gasteiger partial charge >= 0.3 is 0 Å². The zero-order chi connectivity index (χ0) is 12.9. The minimum atomic E-state index is -2.53. The number of fused-ring (bicyclic) bond motifs is 3. The first-order valence-electron chi connectivity index (χ1n) is 6.87. The van der Waals surface area contributed by atoms with E-state index in [0.29, 0.717) is 0 Å². The summed E-state index contributed by atoms with van der Waals surface area (Å²) in [4.78, 5) is 0. The van der Waals surface area contributed by atoms with Gasteiger partial charge in [0.05, 0.1) is 5.44 Å². The molecule has 1 aliphatic carbocycles. The highest BCUT2D eigenvalue weighted by Crippen LogP contribution is 2.50. The van der Waals surface area contributed by atoms with Crippen molar-refractivity contribution in [2.45, 2.75) is 25.7 Å². The quantitative estimate of drug-likeness (QED) is 0.729. The Labute approximate surface area is 113 Å². The van der Waals surface area contributed by atoms with Gasteiger partial charge in [-0.05, 0) is 37.3 Å². The van der Waals surface area contributed by atoms with Crippen molar-refractivity contribution in [1.29, 1.82) is 0 Å². The Hall–Kier alpha value is -1.53. The fourth-order valence-corrected chi connectivity index (χ4v) is 5.61. The highest BCUT2D eigenvalue weighted by molar-refractivity contribution is 7.81. The third-order valence-corrected chi connectivity index (χ3v) is 6.87. The van der Waals surface area contributed by atoms with Gasteiger partial charge in [-0.2, -0.15) is 0 Å². The maximum absolute atomic E-state index is 13.3. The molecule has 2 aromatic rings. The molecule has 1 aliphatic heterocycles. The smallest absolute Gasteiger partial charge is 0.181 e. The highest BCUT2D eigenvalue weighted by Gasteiger charge is 2.34. The molecule has 2 heterocycles. The molecule has 0 saturated carbocycles. The molecule has 1 aromatic carbocycles. The molecule has 19 heavy (non-hydrogen) atoms. The summed E-state index contributed by atoms with van der Waals surface area (Å²) in [6.07, 6.45) is 6.79. The van der Waals surface area contributed by atoms with Gasteiger partial charge in [0.1, 0.15) is 0 Å². The standard InChI is InChI=1S/C16H16NOP/c18-19(14-7-2-1-3-8-14)11-10-17-15-9-5-4-6-13(15)12-16(17)19/h1-3,7-8,10-12H,4-6,9H2/t19-/m0/s1. The van der Waals surface area contributed by atoms with Crippen LogP contribution in [0, 0.1) is 0 Å². The Kier molecular flexibility index (Phi) is 2.37. The van der Waals surface area contributed by atoms with Crippen LogP contribution >= 0.6 is 7.14 Å². The van der Waals surface area contributed by atoms with Crippen molar-refractivity contribution in [2.24, 2.45) is 0 Å². The van der Waals surface area contributed by atoms with E-state index in [-0.39, 0.29) is 0 Å². The molecule has 2 aliphatic rings. The summed E-state index contributed by atoms with van der Waals surface area (Å²) < 4.78 is 15.5. The molecule has 0 spiro atoms. The Morgan fingerprint density at radius 3 is 2.68 bits per heavy atom. The van der Waals surface area contributed by atoms with Gasteiger partial charge in [-0.3, -0.25) is 0 Å². The van der Waals surface area contributed by atoms with Gasteiger partial charge in [0, 0.05) is 23.0 Å². The van der Waals surface area contributed by atoms with Crippen LogP contribution in [0.15, 0.2) is 42.2 Å². The van der Waals surface area contributed by atoms with E-state index in [1.165, 1.54) is 24.1 Å². The van der Waals surface area contributed by atoms with Crippen LogP contribution in [-0.4, -0.2) is 4.57 Å². The van der Waals surface area contributed by atoms with E-state index in [2.05, 4.69) is 10.6 Å². The van der Waals surface area contributed by atoms with Gasteiger partial charge < -0.3 is 9.13 Å². The molecule has 0 N–H and O–H groups in total. The largest absolute Gasteiger partial charge is 0.317 e. The van der Waals surface area contributed by atoms with Crippen molar-refractivity contribution in [1.82, 2.24) is 4.57 Å². The van der Waals surface area contributed by atoms with Gasteiger partial charge in [-0.15, -0.1) is 0 Å². The monoisotopic (exact) mass is 269 g/mol. The molecule has 3 heteroatoms. The first kappa shape index (κ1) is 11.3. The van der Waals surface area contributed by atoms with E-state index >= 15 is 0 Å². The Morgan fingerprint density at radius 2 is 1.84 bits per heavy atom. The lowest BCUT2D eigenvalue weighted by Gasteiger charge is -2.12. The third kappa shape index (κ3) is 1.53. The van der Waals surface area contributed by atoms with Crippen molar-refractivity contribution in [3.63, 3.8) is 0 Å². The van der Waals surface area contributed by atoms with Gasteiger partial charge in [0.15, 0.2) is 7.14 Å². The summed E-state index contributed by atoms with van der Waals surface area (Å²) in [7, 11) is -2.53. The molecule has 0 bridgehead atoms. The van der Waals surface area contributed by atoms with E-state index in [4.69, 9.17) is 0 Å². The van der Waals surface area contributed by atoms with E-state index < -0.39 is 7.14 Å². The minimum absolute atomic E-state index is 0.944. The number of aromatic nitrogens is 1. The summed E-state index contributed by atoms with van der Waals surface area (Å²) in [6, 6.07) is 12.0. The number of hydrogen-bond acceptors (Lipinski definition) is 1. The second kappa shape index (κ2) is 3.98. The van der Waals surface area contributed by atoms with Crippen LogP contribution in [0.1, 0.15) is 24.1 Å². The maximum atomic E-state index is 13.3. The van der Waals surface area contributed by atoms with Gasteiger partial charge in [-0.1, -0.05) is 30.3 Å². The molecular weight excluding hydrogens is 253 g/mol. The molecule has 0 fully saturated rings. The number of aryl methyl sites for hydroxylation is 1. The molecule has 1 aromatic heterocycles. The highest BCUT2D eigenvalue weighted by atomic mass is 31.2. The maximum Gasteiger partial charge on any atom is 0.181 e. The zero-order valence-electron chi connectivity index (χ0n) is 10.7. The number of benzene rings is 1. The summed E-state index contributed by atoms with van der Waals surface area (Å²) in [5.41, 5.74) is 3.79. The fourth-order valence-electron chi connectivity index (χ4n) is 3.23. The predicted octanol–water partition coefficient (Wildman–Crippen LogP) is 3.12. The van der Waals surface area contributed by atoms with Crippen LogP contribution in [-0.2, 0) is 17.4 Å². The summed E-state index contributed by atoms with van der Waals surface area (Å²) >= 11 is 0. The number of rotatable bonds is 1. The molecule has 0 radical (unpaired) electrons. The Bertz CT molecular complexity index is 712. The SMILES string of the molecule is O=[P@]1(c2ccccc2)C=Cn2c1cc1c2CCCC1. The van der Waals surface area contributed by atoms with E-state index in [1.54, 1.807) is 0 Å². The summed E-state index contributed by atoms with van der Waals surface area (Å²) in [5.74, 6) is 1.91.